The van der Waals surface area contributed by atoms with Gasteiger partial charge in [0.25, 0.3) is 0 Å². The fourth-order valence-corrected chi connectivity index (χ4v) is 21.3. The molecule has 93 heavy (non-hydrogen) atoms. The van der Waals surface area contributed by atoms with Crippen molar-refractivity contribution in [3.05, 3.63) is 315 Å². The van der Waals surface area contributed by atoms with Gasteiger partial charge in [-0.1, -0.05) is 206 Å². The molecule has 20 rings (SSSR count). The van der Waals surface area contributed by atoms with E-state index >= 15 is 0 Å². The molecule has 0 saturated carbocycles. The Morgan fingerprint density at radius 3 is 0.828 bits per heavy atom. The van der Waals surface area contributed by atoms with E-state index in [-0.39, 0.29) is 0 Å². The Balaban J connectivity index is 0.761. The van der Waals surface area contributed by atoms with Gasteiger partial charge in [-0.15, -0.1) is 0 Å². The van der Waals surface area contributed by atoms with Crippen molar-refractivity contribution in [2.75, 3.05) is 9.80 Å². The largest absolute Gasteiger partial charge is 0.436 e. The number of hydrogen-bond donors (Lipinski definition) is 0. The van der Waals surface area contributed by atoms with Crippen LogP contribution in [0.4, 0.5) is 34.1 Å². The number of nitrogens with zero attached hydrogens (tertiary/aromatic N) is 4. The first-order chi connectivity index (χ1) is 46.1. The Morgan fingerprint density at radius 1 is 0.226 bits per heavy atom. The second-order valence-electron chi connectivity index (χ2n) is 24.7. The van der Waals surface area contributed by atoms with Crippen molar-refractivity contribution in [3.63, 3.8) is 0 Å². The van der Waals surface area contributed by atoms with E-state index in [1.54, 1.807) is 0 Å². The third-order valence-corrected chi connectivity index (χ3v) is 24.8. The molecular formula is C86H52N4O2Si. The van der Waals surface area contributed by atoms with Gasteiger partial charge in [-0.3, -0.25) is 0 Å². The summed E-state index contributed by atoms with van der Waals surface area (Å²) >= 11 is 0. The predicted molar refractivity (Wildman–Crippen MR) is 383 cm³/mol. The quantitative estimate of drug-likeness (QED) is 0.155. The molecule has 4 aliphatic rings. The highest BCUT2D eigenvalue weighted by Gasteiger charge is 2.54. The van der Waals surface area contributed by atoms with E-state index < -0.39 is 8.07 Å². The zero-order valence-electron chi connectivity index (χ0n) is 50.1. The molecule has 1 spiro atoms. The summed E-state index contributed by atoms with van der Waals surface area (Å²) in [6, 6.07) is 116. The lowest BCUT2D eigenvalue weighted by Gasteiger charge is -2.28. The molecule has 0 saturated heterocycles. The molecule has 4 aliphatic heterocycles. The maximum atomic E-state index is 6.52. The topological polar surface area (TPSA) is 58.5 Å². The molecule has 7 heteroatoms. The molecule has 6 heterocycles. The molecule has 14 aromatic carbocycles. The summed E-state index contributed by atoms with van der Waals surface area (Å²) in [6.45, 7) is 0. The van der Waals surface area contributed by atoms with Crippen molar-refractivity contribution < 1.29 is 8.83 Å². The number of aromatic nitrogens is 2. The van der Waals surface area contributed by atoms with Gasteiger partial charge >= 0.3 is 0 Å². The van der Waals surface area contributed by atoms with Gasteiger partial charge in [0.15, 0.2) is 19.2 Å². The second-order valence-corrected chi connectivity index (χ2v) is 28.3. The molecular weight excluding hydrogens is 1150 g/mol. The summed E-state index contributed by atoms with van der Waals surface area (Å²) in [4.78, 5) is 14.9. The molecule has 2 aromatic heterocycles. The Bertz CT molecular complexity index is 5250. The average Bonchev–Trinajstić information content (AvgIpc) is 1.51. The molecule has 0 fully saturated rings. The van der Waals surface area contributed by atoms with E-state index in [1.807, 2.05) is 48.5 Å². The highest BCUT2D eigenvalue weighted by atomic mass is 28.3. The fourth-order valence-electron chi connectivity index (χ4n) is 15.8. The molecule has 0 bridgehead atoms. The number of hydrogen-bond acceptors (Lipinski definition) is 6. The van der Waals surface area contributed by atoms with Gasteiger partial charge in [-0.2, -0.15) is 0 Å². The van der Waals surface area contributed by atoms with Gasteiger partial charge in [0.1, 0.15) is 11.0 Å². The summed E-state index contributed by atoms with van der Waals surface area (Å²) in [5, 5.41) is 5.40. The Hall–Kier alpha value is -12.2. The summed E-state index contributed by atoms with van der Waals surface area (Å²) in [7, 11) is -3.09. The number of benzene rings is 14. The van der Waals surface area contributed by atoms with E-state index in [2.05, 4.69) is 277 Å². The van der Waals surface area contributed by atoms with Crippen LogP contribution >= 0.6 is 0 Å². The van der Waals surface area contributed by atoms with Gasteiger partial charge < -0.3 is 18.6 Å². The van der Waals surface area contributed by atoms with Crippen molar-refractivity contribution in [2.24, 2.45) is 0 Å². The lowest BCUT2D eigenvalue weighted by Crippen LogP contribution is -2.70. The van der Waals surface area contributed by atoms with Crippen molar-refractivity contribution in [1.29, 1.82) is 0 Å². The average molecular weight is 1200 g/mol. The third kappa shape index (κ3) is 7.63. The van der Waals surface area contributed by atoms with Gasteiger partial charge in [0, 0.05) is 44.8 Å². The second kappa shape index (κ2) is 19.9. The molecule has 6 nitrogen and oxygen atoms in total. The van der Waals surface area contributed by atoms with Crippen LogP contribution in [0.3, 0.4) is 0 Å². The first-order valence-electron chi connectivity index (χ1n) is 31.8. The number of rotatable bonds is 6. The van der Waals surface area contributed by atoms with Crippen LogP contribution in [0.1, 0.15) is 0 Å². The standard InChI is InChI=1S/C86H52N4O2Si/c1-2-18-62-61(17-1)65-21-5-11-27-75(65)89(76-28-12-6-22-66(62)76)59-41-33-53(34-42-59)55-37-45-81-69(49-55)70-50-56(54-35-43-60(44-36-54)90-77-29-13-7-23-67(77)63-19-3-4-20-64(63)68-24-8-14-30-78(68)90)38-46-82(70)93(81)83-47-39-57(85-87-73-25-9-15-31-79(73)91-85)51-71(83)72-52-58(40-48-84(72)93)86-88-74-26-10-16-32-80(74)92-86/h1-52H. The van der Waals surface area contributed by atoms with E-state index in [0.29, 0.717) is 11.8 Å². The number of fused-ring (bicyclic) bond motifs is 22. The van der Waals surface area contributed by atoms with E-state index in [1.165, 1.54) is 87.5 Å². The van der Waals surface area contributed by atoms with Crippen LogP contribution in [0.25, 0.3) is 134 Å². The van der Waals surface area contributed by atoms with Crippen LogP contribution in [0, 0.1) is 0 Å². The number of oxazole rings is 2. The smallest absolute Gasteiger partial charge is 0.227 e. The molecule has 0 aliphatic carbocycles. The highest BCUT2D eigenvalue weighted by molar-refractivity contribution is 7.24. The van der Waals surface area contributed by atoms with Crippen molar-refractivity contribution in [1.82, 2.24) is 9.97 Å². The zero-order chi connectivity index (χ0) is 60.9. The SMILES string of the molecule is c1ccc2c(c1)-c1ccccc1N(c1ccc(-c3ccc4c(c3)-c3cc(-c5ccc(N6c7ccccc7-c7ccccc7-c7ccccc76)cc5)ccc3[Si]43c4ccc(-c5nc6ccccc6o5)cc4-c4cc(-c5nc6ccccc6o5)ccc43)cc1)c1ccccc1-2. The summed E-state index contributed by atoms with van der Waals surface area (Å²) in [6.07, 6.45) is 0. The fraction of sp³-hybridized carbons (Fsp3) is 0. The molecule has 16 aromatic rings. The first-order valence-corrected chi connectivity index (χ1v) is 33.8. The first kappa shape index (κ1) is 51.7. The van der Waals surface area contributed by atoms with E-state index in [4.69, 9.17) is 18.8 Å². The van der Waals surface area contributed by atoms with Gasteiger partial charge in [0.2, 0.25) is 11.8 Å². The van der Waals surface area contributed by atoms with Crippen LogP contribution < -0.4 is 30.5 Å². The Morgan fingerprint density at radius 2 is 0.495 bits per heavy atom. The molecule has 0 amide bonds. The Labute approximate surface area is 537 Å². The normalized spacial score (nSPS) is 13.2. The minimum atomic E-state index is -3.09. The monoisotopic (exact) mass is 1200 g/mol. The molecule has 0 radical (unpaired) electrons. The number of anilines is 6. The Kier molecular flexibility index (Phi) is 11.1. The minimum absolute atomic E-state index is 0.598. The van der Waals surface area contributed by atoms with Gasteiger partial charge in [-0.05, 0) is 197 Å². The van der Waals surface area contributed by atoms with E-state index in [9.17, 15) is 0 Å². The maximum Gasteiger partial charge on any atom is 0.227 e. The minimum Gasteiger partial charge on any atom is -0.436 e. The number of para-hydroxylation sites is 8. The predicted octanol–water partition coefficient (Wildman–Crippen LogP) is 20.2. The van der Waals surface area contributed by atoms with Crippen molar-refractivity contribution in [2.45, 2.75) is 0 Å². The lowest BCUT2D eigenvalue weighted by molar-refractivity contribution is 0.619. The molecule has 432 valence electrons. The zero-order valence-corrected chi connectivity index (χ0v) is 51.1. The molecule has 0 unspecified atom stereocenters. The van der Waals surface area contributed by atoms with Crippen LogP contribution in [0.15, 0.2) is 324 Å². The van der Waals surface area contributed by atoms with Gasteiger partial charge in [0.05, 0.1) is 22.7 Å². The van der Waals surface area contributed by atoms with Crippen molar-refractivity contribution >= 4 is 85.1 Å². The van der Waals surface area contributed by atoms with Crippen molar-refractivity contribution in [3.8, 4) is 112 Å². The van der Waals surface area contributed by atoms with Crippen LogP contribution in [0.5, 0.6) is 0 Å². The van der Waals surface area contributed by atoms with Crippen LogP contribution in [-0.4, -0.2) is 18.0 Å². The maximum absolute atomic E-state index is 6.52. The summed E-state index contributed by atoms with van der Waals surface area (Å²) < 4.78 is 13.0. The van der Waals surface area contributed by atoms with Crippen LogP contribution in [0.2, 0.25) is 0 Å². The third-order valence-electron chi connectivity index (χ3n) is 19.9. The highest BCUT2D eigenvalue weighted by Crippen LogP contribution is 2.53. The molecule has 0 atom stereocenters. The lowest BCUT2D eigenvalue weighted by atomic mass is 9.95. The summed E-state index contributed by atoms with van der Waals surface area (Å²) in [5.74, 6) is 1.20. The van der Waals surface area contributed by atoms with E-state index in [0.717, 1.165) is 89.7 Å². The van der Waals surface area contributed by atoms with Crippen LogP contribution in [-0.2, 0) is 0 Å². The summed E-state index contributed by atoms with van der Waals surface area (Å²) in [5.41, 5.74) is 31.1. The van der Waals surface area contributed by atoms with Gasteiger partial charge in [-0.25, -0.2) is 9.97 Å². The molecule has 0 N–H and O–H groups in total.